The number of benzene rings is 1. The molecule has 1 aliphatic rings. The summed E-state index contributed by atoms with van der Waals surface area (Å²) in [5.41, 5.74) is 9.86. The molecule has 0 radical (unpaired) electrons. The summed E-state index contributed by atoms with van der Waals surface area (Å²) in [4.78, 5) is 25.5. The fourth-order valence-corrected chi connectivity index (χ4v) is 4.29. The van der Waals surface area contributed by atoms with Crippen molar-refractivity contribution in [3.63, 3.8) is 0 Å². The van der Waals surface area contributed by atoms with Crippen LogP contribution in [0.4, 0.5) is 5.82 Å². The van der Waals surface area contributed by atoms with Crippen LogP contribution in [0.5, 0.6) is 0 Å². The van der Waals surface area contributed by atoms with Gasteiger partial charge in [-0.1, -0.05) is 18.2 Å². The van der Waals surface area contributed by atoms with Gasteiger partial charge in [-0.05, 0) is 24.8 Å². The maximum atomic E-state index is 11.6. The Morgan fingerprint density at radius 2 is 2.03 bits per heavy atom. The summed E-state index contributed by atoms with van der Waals surface area (Å²) in [6, 6.07) is 8.13. The molecule has 0 unspecified atom stereocenters. The number of piperidine rings is 1. The van der Waals surface area contributed by atoms with E-state index in [9.17, 15) is 4.79 Å². The Balaban J connectivity index is 1.54. The van der Waals surface area contributed by atoms with Crippen molar-refractivity contribution in [2.24, 2.45) is 5.92 Å². The third kappa shape index (κ3) is 3.00. The van der Waals surface area contributed by atoms with Crippen LogP contribution in [-0.2, 0) is 11.3 Å². The molecule has 0 saturated carbocycles. The van der Waals surface area contributed by atoms with Crippen LogP contribution in [0.3, 0.4) is 0 Å². The molecule has 1 amide bonds. The molecule has 1 saturated heterocycles. The van der Waals surface area contributed by atoms with Crippen molar-refractivity contribution in [2.45, 2.75) is 26.3 Å². The number of likely N-dealkylation sites (tertiary alicyclic amines) is 1. The summed E-state index contributed by atoms with van der Waals surface area (Å²) in [6.07, 6.45) is 5.38. The van der Waals surface area contributed by atoms with Crippen molar-refractivity contribution in [3.8, 4) is 11.3 Å². The average Bonchev–Trinajstić information content (AvgIpc) is 3.31. The van der Waals surface area contributed by atoms with E-state index in [0.717, 1.165) is 65.7 Å². The summed E-state index contributed by atoms with van der Waals surface area (Å²) in [6.45, 7) is 3.98. The van der Waals surface area contributed by atoms with Gasteiger partial charge >= 0.3 is 0 Å². The summed E-state index contributed by atoms with van der Waals surface area (Å²) >= 11 is 0. The smallest absolute Gasteiger partial charge is 0.219 e. The number of nitrogens with zero attached hydrogens (tertiary/aromatic N) is 5. The highest BCUT2D eigenvalue weighted by Gasteiger charge is 2.24. The van der Waals surface area contributed by atoms with Gasteiger partial charge in [-0.2, -0.15) is 5.10 Å². The predicted octanol–water partition coefficient (Wildman–Crippen LogP) is 2.82. The number of carbonyl (C=O) groups excluding carboxylic acids is 1. The zero-order valence-electron chi connectivity index (χ0n) is 16.3. The molecule has 5 rings (SSSR count). The van der Waals surface area contributed by atoms with Gasteiger partial charge < -0.3 is 15.6 Å². The minimum Gasteiger partial charge on any atom is -0.383 e. The number of para-hydroxylation sites is 1. The first-order chi connectivity index (χ1) is 14.1. The molecular weight excluding hydrogens is 366 g/mol. The Kier molecular flexibility index (Phi) is 4.19. The molecular formula is C21H23N7O. The number of amides is 1. The van der Waals surface area contributed by atoms with E-state index < -0.39 is 0 Å². The number of aromatic nitrogens is 5. The number of nitrogen functional groups attached to an aromatic ring is 1. The molecule has 8 nitrogen and oxygen atoms in total. The summed E-state index contributed by atoms with van der Waals surface area (Å²) < 4.78 is 1.96. The molecule has 1 fully saturated rings. The van der Waals surface area contributed by atoms with Gasteiger partial charge in [-0.3, -0.25) is 4.79 Å². The van der Waals surface area contributed by atoms with E-state index in [1.807, 2.05) is 34.0 Å². The maximum absolute atomic E-state index is 11.6. The van der Waals surface area contributed by atoms with E-state index in [2.05, 4.69) is 21.0 Å². The molecule has 29 heavy (non-hydrogen) atoms. The third-order valence-corrected chi connectivity index (χ3v) is 5.89. The van der Waals surface area contributed by atoms with Crippen molar-refractivity contribution < 1.29 is 4.79 Å². The first kappa shape index (κ1) is 17.7. The third-order valence-electron chi connectivity index (χ3n) is 5.89. The number of H-pyrrole nitrogens is 1. The van der Waals surface area contributed by atoms with Crippen molar-refractivity contribution in [1.82, 2.24) is 29.6 Å². The highest BCUT2D eigenvalue weighted by atomic mass is 16.2. The van der Waals surface area contributed by atoms with Crippen LogP contribution >= 0.6 is 0 Å². The number of anilines is 1. The van der Waals surface area contributed by atoms with Crippen LogP contribution in [-0.4, -0.2) is 48.6 Å². The number of fused-ring (bicyclic) bond motifs is 2. The largest absolute Gasteiger partial charge is 0.383 e. The Bertz CT molecular complexity index is 1200. The van der Waals surface area contributed by atoms with Gasteiger partial charge in [0.15, 0.2) is 5.65 Å². The minimum absolute atomic E-state index is 0.148. The Morgan fingerprint density at radius 1 is 1.24 bits per heavy atom. The Labute approximate surface area is 167 Å². The SMILES string of the molecule is CC(=O)N1CCC(Cn2nc(-c3c[nH]c4ccccc34)c3c(N)ncnc32)CC1. The lowest BCUT2D eigenvalue weighted by Crippen LogP contribution is -2.38. The average molecular weight is 389 g/mol. The standard InChI is InChI=1S/C21H23N7O/c1-13(29)27-8-6-14(7-9-27)11-28-21-18(20(22)24-12-25-21)19(26-28)16-10-23-17-5-3-2-4-15(16)17/h2-5,10,12,14,23H,6-9,11H2,1H3,(H2,22,24,25). The van der Waals surface area contributed by atoms with E-state index in [-0.39, 0.29) is 5.91 Å². The molecule has 3 N–H and O–H groups in total. The second-order valence-electron chi connectivity index (χ2n) is 7.69. The molecule has 0 spiro atoms. The van der Waals surface area contributed by atoms with Gasteiger partial charge in [0.25, 0.3) is 0 Å². The zero-order valence-corrected chi connectivity index (χ0v) is 16.3. The topological polar surface area (TPSA) is 106 Å². The fourth-order valence-electron chi connectivity index (χ4n) is 4.29. The van der Waals surface area contributed by atoms with E-state index in [1.54, 1.807) is 6.92 Å². The van der Waals surface area contributed by atoms with Crippen LogP contribution < -0.4 is 5.73 Å². The molecule has 3 aromatic heterocycles. The lowest BCUT2D eigenvalue weighted by atomic mass is 9.97. The molecule has 0 aliphatic carbocycles. The first-order valence-electron chi connectivity index (χ1n) is 9.91. The first-order valence-corrected chi connectivity index (χ1v) is 9.91. The second-order valence-corrected chi connectivity index (χ2v) is 7.69. The van der Waals surface area contributed by atoms with Gasteiger partial charge in [0.05, 0.1) is 5.39 Å². The highest BCUT2D eigenvalue weighted by Crippen LogP contribution is 2.35. The zero-order chi connectivity index (χ0) is 20.0. The molecule has 1 aliphatic heterocycles. The van der Waals surface area contributed by atoms with Crippen molar-refractivity contribution >= 4 is 33.7 Å². The van der Waals surface area contributed by atoms with Crippen LogP contribution in [0.25, 0.3) is 33.2 Å². The van der Waals surface area contributed by atoms with Crippen LogP contribution in [0.1, 0.15) is 19.8 Å². The van der Waals surface area contributed by atoms with Crippen molar-refractivity contribution in [1.29, 1.82) is 0 Å². The quantitative estimate of drug-likeness (QED) is 0.560. The number of hydrogen-bond donors (Lipinski definition) is 2. The lowest BCUT2D eigenvalue weighted by Gasteiger charge is -2.31. The van der Waals surface area contributed by atoms with Gasteiger partial charge in [0.1, 0.15) is 17.8 Å². The van der Waals surface area contributed by atoms with Crippen LogP contribution in [0.2, 0.25) is 0 Å². The van der Waals surface area contributed by atoms with Crippen LogP contribution in [0.15, 0.2) is 36.8 Å². The molecule has 8 heteroatoms. The number of carbonyl (C=O) groups is 1. The van der Waals surface area contributed by atoms with E-state index in [1.165, 1.54) is 6.33 Å². The minimum atomic E-state index is 0.148. The van der Waals surface area contributed by atoms with Crippen molar-refractivity contribution in [3.05, 3.63) is 36.8 Å². The number of nitrogens with one attached hydrogen (secondary N) is 1. The summed E-state index contributed by atoms with van der Waals surface area (Å²) in [5.74, 6) is 1.03. The van der Waals surface area contributed by atoms with Gasteiger partial charge in [0.2, 0.25) is 5.91 Å². The van der Waals surface area contributed by atoms with E-state index in [4.69, 9.17) is 10.8 Å². The van der Waals surface area contributed by atoms with E-state index in [0.29, 0.717) is 11.7 Å². The number of aromatic amines is 1. The van der Waals surface area contributed by atoms with E-state index >= 15 is 0 Å². The maximum Gasteiger partial charge on any atom is 0.219 e. The molecule has 0 atom stereocenters. The number of rotatable bonds is 3. The summed E-state index contributed by atoms with van der Waals surface area (Å²) in [5, 5.41) is 6.81. The molecule has 0 bridgehead atoms. The summed E-state index contributed by atoms with van der Waals surface area (Å²) in [7, 11) is 0. The normalized spacial score (nSPS) is 15.4. The Morgan fingerprint density at radius 3 is 2.83 bits per heavy atom. The fraction of sp³-hybridized carbons (Fsp3) is 0.333. The monoisotopic (exact) mass is 389 g/mol. The predicted molar refractivity (Wildman–Crippen MR) is 112 cm³/mol. The Hall–Kier alpha value is -3.42. The number of hydrogen-bond acceptors (Lipinski definition) is 5. The van der Waals surface area contributed by atoms with Gasteiger partial charge in [-0.15, -0.1) is 0 Å². The molecule has 4 aromatic rings. The van der Waals surface area contributed by atoms with Crippen LogP contribution in [0, 0.1) is 5.92 Å². The highest BCUT2D eigenvalue weighted by molar-refractivity contribution is 6.05. The molecule has 1 aromatic carbocycles. The lowest BCUT2D eigenvalue weighted by molar-refractivity contribution is -0.130. The van der Waals surface area contributed by atoms with Gasteiger partial charge in [0, 0.05) is 49.2 Å². The van der Waals surface area contributed by atoms with Gasteiger partial charge in [-0.25, -0.2) is 14.6 Å². The molecule has 4 heterocycles. The second kappa shape index (κ2) is 6.88. The number of nitrogens with two attached hydrogens (primary N) is 1. The van der Waals surface area contributed by atoms with Crippen molar-refractivity contribution in [2.75, 3.05) is 18.8 Å². The molecule has 148 valence electrons.